The van der Waals surface area contributed by atoms with E-state index in [-0.39, 0.29) is 0 Å². The molecule has 0 N–H and O–H groups in total. The number of halogens is 2. The highest BCUT2D eigenvalue weighted by Crippen LogP contribution is 2.17. The van der Waals surface area contributed by atoms with Crippen LogP contribution in [-0.4, -0.2) is 29.9 Å². The van der Waals surface area contributed by atoms with Gasteiger partial charge in [-0.1, -0.05) is 33.6 Å². The average molecular weight is 239 g/mol. The van der Waals surface area contributed by atoms with Gasteiger partial charge in [0, 0.05) is 24.0 Å². The van der Waals surface area contributed by atoms with Crippen molar-refractivity contribution >= 4 is 27.5 Å². The summed E-state index contributed by atoms with van der Waals surface area (Å²) in [4.78, 5) is 2.42. The van der Waals surface area contributed by atoms with Crippen LogP contribution in [-0.2, 0) is 0 Å². The molecule has 0 aliphatic carbocycles. The third-order valence-corrected chi connectivity index (χ3v) is 3.13. The molecular weight excluding hydrogens is 225 g/mol. The molecule has 1 aliphatic rings. The topological polar surface area (TPSA) is 3.24 Å². The summed E-state index contributed by atoms with van der Waals surface area (Å²) >= 11 is 8.93. The van der Waals surface area contributed by atoms with Crippen molar-refractivity contribution in [2.75, 3.05) is 25.0 Å². The lowest BCUT2D eigenvalue weighted by Gasteiger charge is -2.11. The maximum absolute atomic E-state index is 5.43. The van der Waals surface area contributed by atoms with E-state index in [1.807, 2.05) is 6.08 Å². The molecule has 1 fully saturated rings. The molecule has 0 saturated carbocycles. The number of nitrogens with zero attached hydrogens (tertiary/aromatic N) is 1. The fourth-order valence-corrected chi connectivity index (χ4v) is 2.00. The van der Waals surface area contributed by atoms with Crippen LogP contribution in [0, 0.1) is 5.92 Å². The van der Waals surface area contributed by atoms with Crippen molar-refractivity contribution in [1.29, 1.82) is 0 Å². The summed E-state index contributed by atoms with van der Waals surface area (Å²) in [6.45, 7) is 3.44. The molecule has 1 atom stereocenters. The van der Waals surface area contributed by atoms with Crippen molar-refractivity contribution in [3.8, 4) is 0 Å². The van der Waals surface area contributed by atoms with E-state index < -0.39 is 0 Å². The zero-order valence-corrected chi connectivity index (χ0v) is 8.81. The maximum Gasteiger partial charge on any atom is 0.0174 e. The molecule has 0 spiro atoms. The van der Waals surface area contributed by atoms with Crippen LogP contribution in [0.1, 0.15) is 6.42 Å². The molecule has 1 heterocycles. The lowest BCUT2D eigenvalue weighted by molar-refractivity contribution is 0.365. The Bertz CT molecular complexity index is 138. The van der Waals surface area contributed by atoms with Crippen LogP contribution in [0.15, 0.2) is 11.6 Å². The molecule has 0 amide bonds. The molecule has 1 unspecified atom stereocenters. The van der Waals surface area contributed by atoms with Gasteiger partial charge in [-0.2, -0.15) is 0 Å². The zero-order valence-electron chi connectivity index (χ0n) is 6.47. The van der Waals surface area contributed by atoms with Gasteiger partial charge in [-0.05, 0) is 18.9 Å². The highest BCUT2D eigenvalue weighted by molar-refractivity contribution is 9.09. The van der Waals surface area contributed by atoms with Crippen molar-refractivity contribution in [3.05, 3.63) is 11.6 Å². The molecule has 1 rings (SSSR count). The largest absolute Gasteiger partial charge is 0.299 e. The number of rotatable bonds is 3. The summed E-state index contributed by atoms with van der Waals surface area (Å²) in [6.07, 6.45) is 3.32. The fraction of sp³-hybridized carbons (Fsp3) is 0.750. The summed E-state index contributed by atoms with van der Waals surface area (Å²) in [7, 11) is 0. The third kappa shape index (κ3) is 3.14. The third-order valence-electron chi connectivity index (χ3n) is 2.04. The minimum Gasteiger partial charge on any atom is -0.299 e. The minimum atomic E-state index is 0.846. The quantitative estimate of drug-likeness (QED) is 0.683. The van der Waals surface area contributed by atoms with E-state index in [4.69, 9.17) is 11.6 Å². The van der Waals surface area contributed by atoms with Gasteiger partial charge in [0.25, 0.3) is 0 Å². The normalized spacial score (nSPS) is 26.9. The molecule has 0 aromatic heterocycles. The summed E-state index contributed by atoms with van der Waals surface area (Å²) < 4.78 is 0. The first-order valence-electron chi connectivity index (χ1n) is 3.90. The van der Waals surface area contributed by atoms with Gasteiger partial charge in [-0.3, -0.25) is 4.90 Å². The lowest BCUT2D eigenvalue weighted by atomic mass is 10.2. The Balaban J connectivity index is 2.19. The van der Waals surface area contributed by atoms with Gasteiger partial charge in [-0.25, -0.2) is 0 Å². The lowest BCUT2D eigenvalue weighted by Crippen LogP contribution is -2.20. The molecule has 0 aromatic rings. The molecule has 0 aromatic carbocycles. The second-order valence-corrected chi connectivity index (χ2v) is 3.83. The van der Waals surface area contributed by atoms with Gasteiger partial charge in [0.2, 0.25) is 0 Å². The Morgan fingerprint density at radius 3 is 3.00 bits per heavy atom. The van der Waals surface area contributed by atoms with Crippen LogP contribution in [0.2, 0.25) is 0 Å². The summed E-state index contributed by atoms with van der Waals surface area (Å²) in [5.41, 5.74) is 1.60. The Morgan fingerprint density at radius 2 is 2.45 bits per heavy atom. The average Bonchev–Trinajstić information content (AvgIpc) is 2.48. The van der Waals surface area contributed by atoms with Gasteiger partial charge in [0.15, 0.2) is 0 Å². The van der Waals surface area contributed by atoms with Crippen molar-refractivity contribution in [3.63, 3.8) is 0 Å². The van der Waals surface area contributed by atoms with E-state index in [0.29, 0.717) is 0 Å². The van der Waals surface area contributed by atoms with Crippen molar-refractivity contribution < 1.29 is 0 Å². The first-order valence-corrected chi connectivity index (χ1v) is 5.46. The first-order chi connectivity index (χ1) is 5.36. The zero-order chi connectivity index (χ0) is 8.10. The molecule has 11 heavy (non-hydrogen) atoms. The standard InChI is InChI=1S/C8H13BrClN/c9-6-8-2-5-11(7-8)4-1-3-10/h1,3,8H,2,4-7H2/b3-1+. The smallest absolute Gasteiger partial charge is 0.0174 e. The van der Waals surface area contributed by atoms with Crippen LogP contribution in [0.5, 0.6) is 0 Å². The van der Waals surface area contributed by atoms with Gasteiger partial charge >= 0.3 is 0 Å². The molecule has 3 heteroatoms. The van der Waals surface area contributed by atoms with Crippen LogP contribution >= 0.6 is 27.5 Å². The maximum atomic E-state index is 5.43. The van der Waals surface area contributed by atoms with Crippen molar-refractivity contribution in [1.82, 2.24) is 4.90 Å². The highest BCUT2D eigenvalue weighted by atomic mass is 79.9. The monoisotopic (exact) mass is 237 g/mol. The molecule has 0 radical (unpaired) electrons. The molecule has 1 aliphatic heterocycles. The van der Waals surface area contributed by atoms with Crippen molar-refractivity contribution in [2.24, 2.45) is 5.92 Å². The van der Waals surface area contributed by atoms with Crippen LogP contribution in [0.4, 0.5) is 0 Å². The number of hydrogen-bond acceptors (Lipinski definition) is 1. The number of hydrogen-bond donors (Lipinski definition) is 0. The van der Waals surface area contributed by atoms with Gasteiger partial charge in [0.1, 0.15) is 0 Å². The Morgan fingerprint density at radius 1 is 1.64 bits per heavy atom. The van der Waals surface area contributed by atoms with Crippen LogP contribution < -0.4 is 0 Å². The first kappa shape index (κ1) is 9.56. The van der Waals surface area contributed by atoms with Crippen molar-refractivity contribution in [2.45, 2.75) is 6.42 Å². The minimum absolute atomic E-state index is 0.846. The van der Waals surface area contributed by atoms with Crippen LogP contribution in [0.3, 0.4) is 0 Å². The second kappa shape index (κ2) is 5.18. The fourth-order valence-electron chi connectivity index (χ4n) is 1.39. The van der Waals surface area contributed by atoms with Gasteiger partial charge in [0.05, 0.1) is 0 Å². The van der Waals surface area contributed by atoms with E-state index in [0.717, 1.165) is 17.8 Å². The molecule has 1 saturated heterocycles. The Labute approximate surface area is 81.5 Å². The summed E-state index contributed by atoms with van der Waals surface area (Å²) in [5, 5.41) is 1.13. The Hall–Kier alpha value is 0.470. The summed E-state index contributed by atoms with van der Waals surface area (Å²) in [5.74, 6) is 0.846. The second-order valence-electron chi connectivity index (χ2n) is 2.93. The predicted octanol–water partition coefficient (Wildman–Crippen LogP) is 2.46. The van der Waals surface area contributed by atoms with E-state index in [1.54, 1.807) is 5.54 Å². The molecule has 1 nitrogen and oxygen atoms in total. The molecule has 0 bridgehead atoms. The molecule has 64 valence electrons. The molecular formula is C8H13BrClN. The van der Waals surface area contributed by atoms with E-state index in [2.05, 4.69) is 20.8 Å². The van der Waals surface area contributed by atoms with E-state index >= 15 is 0 Å². The van der Waals surface area contributed by atoms with E-state index in [1.165, 1.54) is 19.5 Å². The highest BCUT2D eigenvalue weighted by Gasteiger charge is 2.19. The van der Waals surface area contributed by atoms with Gasteiger partial charge in [-0.15, -0.1) is 0 Å². The van der Waals surface area contributed by atoms with E-state index in [9.17, 15) is 0 Å². The predicted molar refractivity (Wildman–Crippen MR) is 53.3 cm³/mol. The number of alkyl halides is 1. The summed E-state index contributed by atoms with van der Waals surface area (Å²) in [6, 6.07) is 0. The Kier molecular flexibility index (Phi) is 4.50. The SMILES string of the molecule is Cl/C=C/CN1CCC(CBr)C1. The van der Waals surface area contributed by atoms with Crippen LogP contribution in [0.25, 0.3) is 0 Å². The van der Waals surface area contributed by atoms with Gasteiger partial charge < -0.3 is 0 Å². The number of likely N-dealkylation sites (tertiary alicyclic amines) is 1.